The van der Waals surface area contributed by atoms with Crippen LogP contribution in [0.1, 0.15) is 38.4 Å². The summed E-state index contributed by atoms with van der Waals surface area (Å²) in [4.78, 5) is 18.0. The molecule has 0 aromatic heterocycles. The molecule has 0 radical (unpaired) electrons. The van der Waals surface area contributed by atoms with E-state index in [0.717, 1.165) is 34.6 Å². The summed E-state index contributed by atoms with van der Waals surface area (Å²) in [5.41, 5.74) is 5.13. The third-order valence-corrected chi connectivity index (χ3v) is 6.44. The number of allylic oxidation sites excluding steroid dienone is 1. The zero-order valence-corrected chi connectivity index (χ0v) is 18.5. The number of anilines is 2. The van der Waals surface area contributed by atoms with Crippen LogP contribution < -0.4 is 9.80 Å². The van der Waals surface area contributed by atoms with Crippen LogP contribution in [0.5, 0.6) is 5.75 Å². The van der Waals surface area contributed by atoms with Gasteiger partial charge in [0.15, 0.2) is 5.78 Å². The molecule has 1 aliphatic heterocycles. The number of carbonyl (C=O) groups is 1. The van der Waals surface area contributed by atoms with Crippen molar-refractivity contribution in [2.24, 2.45) is 5.41 Å². The Labute approximate surface area is 189 Å². The Kier molecular flexibility index (Phi) is 5.01. The molecule has 0 spiro atoms. The van der Waals surface area contributed by atoms with Gasteiger partial charge in [-0.1, -0.05) is 62.4 Å². The molecule has 0 saturated carbocycles. The first kappa shape index (κ1) is 20.4. The maximum absolute atomic E-state index is 13.3. The molecule has 32 heavy (non-hydrogen) atoms. The SMILES string of the molecule is CC1(C)CC(=O)C2=C(C1)N(c1ccccc1)C(c1ccc(O)cc1)N(c1ccccc1)C2. The van der Waals surface area contributed by atoms with Crippen LogP contribution in [0.15, 0.2) is 96.2 Å². The van der Waals surface area contributed by atoms with E-state index in [-0.39, 0.29) is 23.1 Å². The molecular formula is C28H28N2O2. The highest BCUT2D eigenvalue weighted by atomic mass is 16.3. The van der Waals surface area contributed by atoms with Gasteiger partial charge in [0.2, 0.25) is 0 Å². The van der Waals surface area contributed by atoms with Crippen LogP contribution >= 0.6 is 0 Å². The van der Waals surface area contributed by atoms with Crippen molar-refractivity contribution in [1.29, 1.82) is 0 Å². The minimum Gasteiger partial charge on any atom is -0.508 e. The molecule has 162 valence electrons. The smallest absolute Gasteiger partial charge is 0.162 e. The molecule has 5 rings (SSSR count). The summed E-state index contributed by atoms with van der Waals surface area (Å²) in [5.74, 6) is 0.484. The van der Waals surface area contributed by atoms with Gasteiger partial charge in [-0.2, -0.15) is 0 Å². The number of ketones is 1. The Morgan fingerprint density at radius 2 is 1.41 bits per heavy atom. The number of para-hydroxylation sites is 2. The van der Waals surface area contributed by atoms with Gasteiger partial charge in [-0.25, -0.2) is 0 Å². The largest absolute Gasteiger partial charge is 0.508 e. The summed E-state index contributed by atoms with van der Waals surface area (Å²) in [6.45, 7) is 4.93. The Hall–Kier alpha value is -3.53. The second-order valence-corrected chi connectivity index (χ2v) is 9.50. The standard InChI is InChI=1S/C28H28N2O2/c1-28(2)17-25-24(26(32)18-28)19-29(21-9-5-3-6-10-21)27(20-13-15-23(31)16-14-20)30(25)22-11-7-4-8-12-22/h3-16,27,31H,17-19H2,1-2H3. The van der Waals surface area contributed by atoms with Crippen LogP contribution in [0.4, 0.5) is 11.4 Å². The number of rotatable bonds is 3. The first-order valence-corrected chi connectivity index (χ1v) is 11.1. The first-order chi connectivity index (χ1) is 15.4. The Morgan fingerprint density at radius 1 is 0.812 bits per heavy atom. The van der Waals surface area contributed by atoms with Crippen LogP contribution in [-0.4, -0.2) is 17.4 Å². The molecule has 0 saturated heterocycles. The van der Waals surface area contributed by atoms with E-state index in [4.69, 9.17) is 0 Å². The molecule has 1 N–H and O–H groups in total. The van der Waals surface area contributed by atoms with Gasteiger partial charge in [-0.3, -0.25) is 4.79 Å². The summed E-state index contributed by atoms with van der Waals surface area (Å²) in [6.07, 6.45) is 1.28. The van der Waals surface area contributed by atoms with E-state index in [1.165, 1.54) is 0 Å². The fourth-order valence-electron chi connectivity index (χ4n) is 4.99. The van der Waals surface area contributed by atoms with Crippen molar-refractivity contribution < 1.29 is 9.90 Å². The highest BCUT2D eigenvalue weighted by Crippen LogP contribution is 2.48. The van der Waals surface area contributed by atoms with Crippen molar-refractivity contribution in [3.8, 4) is 5.75 Å². The van der Waals surface area contributed by atoms with Crippen LogP contribution in [0, 0.1) is 5.41 Å². The van der Waals surface area contributed by atoms with Gasteiger partial charge in [-0.05, 0) is 53.8 Å². The molecule has 1 aliphatic carbocycles. The van der Waals surface area contributed by atoms with Crippen LogP contribution in [0.3, 0.4) is 0 Å². The number of Topliss-reactive ketones (excluding diaryl/α,β-unsaturated/α-hetero) is 1. The number of hydrogen-bond acceptors (Lipinski definition) is 4. The first-order valence-electron chi connectivity index (χ1n) is 11.1. The second kappa shape index (κ2) is 7.86. The summed E-state index contributed by atoms with van der Waals surface area (Å²) in [5, 5.41) is 9.93. The number of benzene rings is 3. The average Bonchev–Trinajstić information content (AvgIpc) is 2.79. The van der Waals surface area contributed by atoms with Crippen molar-refractivity contribution >= 4 is 17.2 Å². The topological polar surface area (TPSA) is 43.8 Å². The van der Waals surface area contributed by atoms with Crippen LogP contribution in [0.25, 0.3) is 0 Å². The summed E-state index contributed by atoms with van der Waals surface area (Å²) in [6, 6.07) is 28.0. The van der Waals surface area contributed by atoms with E-state index in [0.29, 0.717) is 13.0 Å². The van der Waals surface area contributed by atoms with Crippen molar-refractivity contribution in [3.05, 3.63) is 102 Å². The number of phenols is 1. The monoisotopic (exact) mass is 424 g/mol. The molecule has 0 fully saturated rings. The van der Waals surface area contributed by atoms with Gasteiger partial charge in [-0.15, -0.1) is 0 Å². The van der Waals surface area contributed by atoms with Gasteiger partial charge >= 0.3 is 0 Å². The molecular weight excluding hydrogens is 396 g/mol. The number of carbonyl (C=O) groups excluding carboxylic acids is 1. The van der Waals surface area contributed by atoms with Gasteiger partial charge in [0.1, 0.15) is 11.9 Å². The van der Waals surface area contributed by atoms with E-state index in [1.807, 2.05) is 48.5 Å². The lowest BCUT2D eigenvalue weighted by atomic mass is 9.74. The van der Waals surface area contributed by atoms with Crippen molar-refractivity contribution in [2.45, 2.75) is 32.9 Å². The Balaban J connectivity index is 1.75. The molecule has 4 nitrogen and oxygen atoms in total. The third-order valence-electron chi connectivity index (χ3n) is 6.44. The molecule has 2 aliphatic rings. The lowest BCUT2D eigenvalue weighted by Crippen LogP contribution is -2.51. The van der Waals surface area contributed by atoms with Crippen LogP contribution in [0.2, 0.25) is 0 Å². The number of aromatic hydroxyl groups is 1. The third kappa shape index (κ3) is 3.66. The second-order valence-electron chi connectivity index (χ2n) is 9.50. The van der Waals surface area contributed by atoms with E-state index < -0.39 is 0 Å². The van der Waals surface area contributed by atoms with Gasteiger partial charge < -0.3 is 14.9 Å². The highest BCUT2D eigenvalue weighted by Gasteiger charge is 2.43. The zero-order valence-electron chi connectivity index (χ0n) is 18.5. The average molecular weight is 425 g/mol. The summed E-state index contributed by atoms with van der Waals surface area (Å²) in [7, 11) is 0. The fraction of sp³-hybridized carbons (Fsp3) is 0.250. The van der Waals surface area contributed by atoms with E-state index in [2.05, 4.69) is 47.9 Å². The maximum Gasteiger partial charge on any atom is 0.162 e. The molecule has 0 bridgehead atoms. The van der Waals surface area contributed by atoms with Crippen molar-refractivity contribution in [1.82, 2.24) is 0 Å². The molecule has 1 unspecified atom stereocenters. The lowest BCUT2D eigenvalue weighted by molar-refractivity contribution is -0.118. The molecule has 3 aromatic carbocycles. The number of nitrogens with zero attached hydrogens (tertiary/aromatic N) is 2. The molecule has 1 atom stereocenters. The van der Waals surface area contributed by atoms with E-state index >= 15 is 0 Å². The van der Waals surface area contributed by atoms with Gasteiger partial charge in [0.05, 0.1) is 6.54 Å². The summed E-state index contributed by atoms with van der Waals surface area (Å²) < 4.78 is 0. The normalized spacial score (nSPS) is 20.3. The minimum atomic E-state index is -0.138. The van der Waals surface area contributed by atoms with Gasteiger partial charge in [0.25, 0.3) is 0 Å². The van der Waals surface area contributed by atoms with Crippen molar-refractivity contribution in [3.63, 3.8) is 0 Å². The predicted octanol–water partition coefficient (Wildman–Crippen LogP) is 6.06. The Morgan fingerprint density at radius 3 is 2.03 bits per heavy atom. The number of hydrogen-bond donors (Lipinski definition) is 1. The summed E-state index contributed by atoms with van der Waals surface area (Å²) >= 11 is 0. The molecule has 1 heterocycles. The lowest BCUT2D eigenvalue weighted by Gasteiger charge is -2.51. The maximum atomic E-state index is 13.3. The predicted molar refractivity (Wildman–Crippen MR) is 129 cm³/mol. The van der Waals surface area contributed by atoms with Crippen LogP contribution in [-0.2, 0) is 4.79 Å². The Bertz CT molecular complexity index is 1150. The number of phenolic OH excluding ortho intramolecular Hbond substituents is 1. The highest BCUT2D eigenvalue weighted by molar-refractivity contribution is 6.00. The molecule has 0 amide bonds. The van der Waals surface area contributed by atoms with Gasteiger partial charge in [0, 0.05) is 29.1 Å². The molecule has 4 heteroatoms. The van der Waals surface area contributed by atoms with Crippen molar-refractivity contribution in [2.75, 3.05) is 16.3 Å². The quantitative estimate of drug-likeness (QED) is 0.555. The fourth-order valence-corrected chi connectivity index (χ4v) is 4.99. The van der Waals surface area contributed by atoms with E-state index in [1.54, 1.807) is 12.1 Å². The molecule has 3 aromatic rings. The minimum absolute atomic E-state index is 0.0859. The zero-order chi connectivity index (χ0) is 22.3. The van der Waals surface area contributed by atoms with E-state index in [9.17, 15) is 9.90 Å².